The Bertz CT molecular complexity index is 756. The van der Waals surface area contributed by atoms with Crippen molar-refractivity contribution in [3.05, 3.63) is 58.7 Å². The third-order valence-corrected chi connectivity index (χ3v) is 4.27. The molecule has 2 rings (SSSR count). The first kappa shape index (κ1) is 20.3. The van der Waals surface area contributed by atoms with Gasteiger partial charge in [-0.1, -0.05) is 52.0 Å². The van der Waals surface area contributed by atoms with Crippen molar-refractivity contribution in [3.63, 3.8) is 0 Å². The second-order valence-electron chi connectivity index (χ2n) is 6.95. The van der Waals surface area contributed by atoms with Gasteiger partial charge in [-0.3, -0.25) is 0 Å². The molecular weight excluding hydrogens is 354 g/mol. The average Bonchev–Trinajstić information content (AvgIpc) is 2.52. The van der Waals surface area contributed by atoms with Gasteiger partial charge in [0.1, 0.15) is 0 Å². The summed E-state index contributed by atoms with van der Waals surface area (Å²) in [5, 5.41) is 0. The molecule has 0 nitrogen and oxygen atoms in total. The Labute approximate surface area is 148 Å². The third kappa shape index (κ3) is 4.40. The molecule has 0 aliphatic carbocycles. The molecule has 2 aromatic rings. The molecular formula is C20H20F6. The van der Waals surface area contributed by atoms with E-state index in [0.29, 0.717) is 6.07 Å². The molecule has 26 heavy (non-hydrogen) atoms. The fraction of sp³-hybridized carbons (Fsp3) is 0.400. The van der Waals surface area contributed by atoms with E-state index in [0.717, 1.165) is 17.2 Å². The van der Waals surface area contributed by atoms with E-state index in [-0.39, 0.29) is 29.0 Å². The Morgan fingerprint density at radius 2 is 1.15 bits per heavy atom. The number of rotatable bonds is 3. The number of alkyl halides is 6. The topological polar surface area (TPSA) is 0 Å². The summed E-state index contributed by atoms with van der Waals surface area (Å²) in [5.74, 6) is 0.160. The zero-order valence-electron chi connectivity index (χ0n) is 14.9. The lowest BCUT2D eigenvalue weighted by molar-refractivity contribution is -0.142. The minimum atomic E-state index is -4.89. The van der Waals surface area contributed by atoms with Gasteiger partial charge in [-0.15, -0.1) is 0 Å². The van der Waals surface area contributed by atoms with Gasteiger partial charge in [0.15, 0.2) is 0 Å². The van der Waals surface area contributed by atoms with Gasteiger partial charge in [-0.05, 0) is 46.2 Å². The van der Waals surface area contributed by atoms with Crippen molar-refractivity contribution in [2.24, 2.45) is 0 Å². The molecule has 0 atom stereocenters. The lowest BCUT2D eigenvalue weighted by Gasteiger charge is -2.19. The fourth-order valence-electron chi connectivity index (χ4n) is 2.71. The van der Waals surface area contributed by atoms with Crippen molar-refractivity contribution in [2.45, 2.75) is 51.9 Å². The van der Waals surface area contributed by atoms with Crippen LogP contribution in [0.1, 0.15) is 61.8 Å². The highest BCUT2D eigenvalue weighted by Crippen LogP contribution is 2.42. The van der Waals surface area contributed by atoms with Gasteiger partial charge in [0, 0.05) is 0 Å². The normalized spacial score (nSPS) is 12.9. The van der Waals surface area contributed by atoms with Gasteiger partial charge in [-0.2, -0.15) is 26.3 Å². The van der Waals surface area contributed by atoms with Crippen molar-refractivity contribution in [1.82, 2.24) is 0 Å². The molecule has 0 heterocycles. The minimum absolute atomic E-state index is 0.0798. The maximum atomic E-state index is 13.5. The molecule has 0 spiro atoms. The van der Waals surface area contributed by atoms with Crippen LogP contribution in [0.3, 0.4) is 0 Å². The van der Waals surface area contributed by atoms with E-state index in [1.165, 1.54) is 0 Å². The summed E-state index contributed by atoms with van der Waals surface area (Å²) >= 11 is 0. The number of halogens is 6. The summed E-state index contributed by atoms with van der Waals surface area (Å²) in [5.41, 5.74) is -0.852. The van der Waals surface area contributed by atoms with E-state index in [4.69, 9.17) is 0 Å². The van der Waals surface area contributed by atoms with E-state index < -0.39 is 23.5 Å². The number of benzene rings is 2. The van der Waals surface area contributed by atoms with E-state index in [1.807, 2.05) is 33.8 Å². The highest BCUT2D eigenvalue weighted by atomic mass is 19.4. The van der Waals surface area contributed by atoms with Crippen LogP contribution in [0.4, 0.5) is 26.3 Å². The fourth-order valence-corrected chi connectivity index (χ4v) is 2.71. The van der Waals surface area contributed by atoms with Crippen LogP contribution in [-0.4, -0.2) is 0 Å². The summed E-state index contributed by atoms with van der Waals surface area (Å²) in [6.45, 7) is 7.67. The minimum Gasteiger partial charge on any atom is -0.166 e. The highest BCUT2D eigenvalue weighted by molar-refractivity contribution is 5.70. The van der Waals surface area contributed by atoms with Crippen molar-refractivity contribution in [3.8, 4) is 11.1 Å². The zero-order valence-corrected chi connectivity index (χ0v) is 14.9. The van der Waals surface area contributed by atoms with Crippen LogP contribution in [0, 0.1) is 0 Å². The van der Waals surface area contributed by atoms with Crippen molar-refractivity contribution >= 4 is 0 Å². The molecule has 0 bridgehead atoms. The molecule has 0 saturated heterocycles. The average molecular weight is 374 g/mol. The molecule has 0 radical (unpaired) electrons. The predicted molar refractivity (Wildman–Crippen MR) is 90.1 cm³/mol. The second kappa shape index (κ2) is 6.97. The Balaban J connectivity index is 2.75. The largest absolute Gasteiger partial charge is 0.417 e. The Kier molecular flexibility index (Phi) is 5.45. The SMILES string of the molecule is CC(C)c1cc(-c2ccc(C(F)(F)F)cc2C(F)(F)F)cc(C(C)C)c1. The van der Waals surface area contributed by atoms with E-state index in [2.05, 4.69) is 0 Å². The van der Waals surface area contributed by atoms with Gasteiger partial charge in [0.05, 0.1) is 11.1 Å². The lowest BCUT2D eigenvalue weighted by Crippen LogP contribution is -2.12. The lowest BCUT2D eigenvalue weighted by atomic mass is 9.89. The Morgan fingerprint density at radius 3 is 1.54 bits per heavy atom. The van der Waals surface area contributed by atoms with Crippen LogP contribution in [-0.2, 0) is 12.4 Å². The van der Waals surface area contributed by atoms with Gasteiger partial charge < -0.3 is 0 Å². The summed E-state index contributed by atoms with van der Waals surface area (Å²) in [4.78, 5) is 0. The van der Waals surface area contributed by atoms with Crippen LogP contribution in [0.2, 0.25) is 0 Å². The molecule has 6 heteroatoms. The summed E-state index contributed by atoms with van der Waals surface area (Å²) < 4.78 is 78.9. The molecule has 2 aromatic carbocycles. The molecule has 142 valence electrons. The van der Waals surface area contributed by atoms with Crippen molar-refractivity contribution in [1.29, 1.82) is 0 Å². The molecule has 0 unspecified atom stereocenters. The molecule has 0 aromatic heterocycles. The van der Waals surface area contributed by atoms with Crippen LogP contribution < -0.4 is 0 Å². The first-order valence-corrected chi connectivity index (χ1v) is 8.24. The van der Waals surface area contributed by atoms with E-state index in [1.54, 1.807) is 12.1 Å². The molecule has 0 aliphatic heterocycles. The van der Waals surface area contributed by atoms with Crippen molar-refractivity contribution in [2.75, 3.05) is 0 Å². The predicted octanol–water partition coefficient (Wildman–Crippen LogP) is 7.64. The zero-order chi connectivity index (χ0) is 19.9. The molecule has 0 amide bonds. The summed E-state index contributed by atoms with van der Waals surface area (Å²) in [6.07, 6.45) is -9.72. The smallest absolute Gasteiger partial charge is 0.166 e. The van der Waals surface area contributed by atoms with Gasteiger partial charge in [-0.25, -0.2) is 0 Å². The van der Waals surface area contributed by atoms with Crippen LogP contribution in [0.15, 0.2) is 36.4 Å². The quantitative estimate of drug-likeness (QED) is 0.484. The first-order valence-electron chi connectivity index (χ1n) is 8.24. The monoisotopic (exact) mass is 374 g/mol. The maximum Gasteiger partial charge on any atom is 0.417 e. The molecule has 0 fully saturated rings. The summed E-state index contributed by atoms with van der Waals surface area (Å²) in [6, 6.07) is 6.96. The third-order valence-electron chi connectivity index (χ3n) is 4.27. The van der Waals surface area contributed by atoms with Crippen LogP contribution in [0.25, 0.3) is 11.1 Å². The Hall–Kier alpha value is -1.98. The van der Waals surface area contributed by atoms with Gasteiger partial charge in [0.25, 0.3) is 0 Å². The molecule has 0 saturated carbocycles. The van der Waals surface area contributed by atoms with Gasteiger partial charge in [0.2, 0.25) is 0 Å². The first-order chi connectivity index (χ1) is 11.8. The standard InChI is InChI=1S/C20H20F6/c1-11(2)13-7-14(12(3)4)9-15(8-13)17-6-5-16(19(21,22)23)10-18(17)20(24,25)26/h5-12H,1-4H3. The van der Waals surface area contributed by atoms with Crippen LogP contribution in [0.5, 0.6) is 0 Å². The molecule has 0 aliphatic rings. The van der Waals surface area contributed by atoms with E-state index >= 15 is 0 Å². The number of hydrogen-bond donors (Lipinski definition) is 0. The Morgan fingerprint density at radius 1 is 0.654 bits per heavy atom. The molecule has 0 N–H and O–H groups in total. The number of hydrogen-bond acceptors (Lipinski definition) is 0. The van der Waals surface area contributed by atoms with Gasteiger partial charge >= 0.3 is 12.4 Å². The highest BCUT2D eigenvalue weighted by Gasteiger charge is 2.38. The summed E-state index contributed by atoms with van der Waals surface area (Å²) in [7, 11) is 0. The second-order valence-corrected chi connectivity index (χ2v) is 6.95. The van der Waals surface area contributed by atoms with Crippen LogP contribution >= 0.6 is 0 Å². The van der Waals surface area contributed by atoms with E-state index in [9.17, 15) is 26.3 Å². The van der Waals surface area contributed by atoms with Crippen molar-refractivity contribution < 1.29 is 26.3 Å². The maximum absolute atomic E-state index is 13.5.